The van der Waals surface area contributed by atoms with E-state index in [1.165, 1.54) is 0 Å². The molecule has 0 bridgehead atoms. The second-order valence-corrected chi connectivity index (χ2v) is 7.45. The van der Waals surface area contributed by atoms with Crippen LogP contribution in [0.3, 0.4) is 0 Å². The molecule has 0 aromatic carbocycles. The van der Waals surface area contributed by atoms with Crippen LogP contribution < -0.4 is 0 Å². The molecular formula is C24H17N7. The van der Waals surface area contributed by atoms with E-state index in [2.05, 4.69) is 54.2 Å². The number of rotatable bonds is 3. The second-order valence-electron chi connectivity index (χ2n) is 7.45. The van der Waals surface area contributed by atoms with Crippen LogP contribution >= 0.6 is 0 Å². The minimum Gasteiger partial charge on any atom is -0.352 e. The molecule has 0 spiro atoms. The molecule has 6 heterocycles. The van der Waals surface area contributed by atoms with Gasteiger partial charge in [0, 0.05) is 52.9 Å². The Morgan fingerprint density at radius 2 is 1.58 bits per heavy atom. The lowest BCUT2D eigenvalue weighted by Crippen LogP contribution is -1.88. The maximum absolute atomic E-state index is 4.60. The van der Waals surface area contributed by atoms with Crippen molar-refractivity contribution in [2.75, 3.05) is 0 Å². The molecular weight excluding hydrogens is 386 g/mol. The van der Waals surface area contributed by atoms with E-state index in [1.807, 2.05) is 43.0 Å². The van der Waals surface area contributed by atoms with E-state index in [9.17, 15) is 0 Å². The van der Waals surface area contributed by atoms with E-state index >= 15 is 0 Å². The van der Waals surface area contributed by atoms with E-state index in [-0.39, 0.29) is 0 Å². The molecule has 6 aromatic rings. The first kappa shape index (κ1) is 17.5. The Morgan fingerprint density at radius 3 is 2.45 bits per heavy atom. The number of nitrogens with one attached hydrogen (secondary N) is 2. The van der Waals surface area contributed by atoms with Crippen LogP contribution in [0.4, 0.5) is 0 Å². The summed E-state index contributed by atoms with van der Waals surface area (Å²) in [5.74, 6) is 0. The van der Waals surface area contributed by atoms with Gasteiger partial charge < -0.3 is 4.98 Å². The van der Waals surface area contributed by atoms with Gasteiger partial charge in [0.25, 0.3) is 0 Å². The van der Waals surface area contributed by atoms with Gasteiger partial charge in [-0.1, -0.05) is 0 Å². The van der Waals surface area contributed by atoms with Crippen LogP contribution in [0.25, 0.3) is 55.6 Å². The molecule has 6 aromatic heterocycles. The van der Waals surface area contributed by atoms with Crippen LogP contribution in [0.15, 0.2) is 73.7 Å². The fraction of sp³-hybridized carbons (Fsp3) is 0.0417. The summed E-state index contributed by atoms with van der Waals surface area (Å²) >= 11 is 0. The highest BCUT2D eigenvalue weighted by Crippen LogP contribution is 2.34. The molecule has 7 heteroatoms. The van der Waals surface area contributed by atoms with Gasteiger partial charge in [0.15, 0.2) is 0 Å². The van der Waals surface area contributed by atoms with Crippen LogP contribution in [0.5, 0.6) is 0 Å². The summed E-state index contributed by atoms with van der Waals surface area (Å²) in [4.78, 5) is 20.9. The molecule has 0 atom stereocenters. The van der Waals surface area contributed by atoms with Crippen molar-refractivity contribution in [2.45, 2.75) is 6.92 Å². The molecule has 0 saturated heterocycles. The standard InChI is InChI=1S/C24H17N7/c1-14-2-5-26-10-18(14)20-9-17-23(13-28-20)30-31-24(17)21-8-16-19(11-27-12-22(16)29-21)15-3-6-25-7-4-15/h2-13,29H,1H3,(H,30,31). The zero-order chi connectivity index (χ0) is 20.8. The monoisotopic (exact) mass is 403 g/mol. The normalized spacial score (nSPS) is 11.4. The van der Waals surface area contributed by atoms with Crippen molar-refractivity contribution in [3.8, 4) is 33.8 Å². The maximum atomic E-state index is 4.60. The van der Waals surface area contributed by atoms with Gasteiger partial charge in [-0.25, -0.2) is 0 Å². The van der Waals surface area contributed by atoms with Gasteiger partial charge >= 0.3 is 0 Å². The third kappa shape index (κ3) is 2.86. The minimum atomic E-state index is 0.845. The Labute approximate surface area is 177 Å². The van der Waals surface area contributed by atoms with Crippen molar-refractivity contribution in [1.82, 2.24) is 35.1 Å². The molecule has 0 fully saturated rings. The third-order valence-corrected chi connectivity index (χ3v) is 5.55. The Balaban J connectivity index is 1.52. The highest BCUT2D eigenvalue weighted by atomic mass is 15.1. The molecule has 0 amide bonds. The SMILES string of the molecule is Cc1ccncc1-c1cc2c(-c3cc4c(-c5ccncc5)cncc4[nH]3)n[nH]c2cn1. The lowest BCUT2D eigenvalue weighted by Gasteiger charge is -2.04. The van der Waals surface area contributed by atoms with Crippen LogP contribution in [-0.4, -0.2) is 35.1 Å². The highest BCUT2D eigenvalue weighted by molar-refractivity contribution is 6.01. The molecule has 0 unspecified atom stereocenters. The van der Waals surface area contributed by atoms with Crippen molar-refractivity contribution in [3.05, 3.63) is 79.3 Å². The summed E-state index contributed by atoms with van der Waals surface area (Å²) in [7, 11) is 0. The van der Waals surface area contributed by atoms with Gasteiger partial charge in [-0.15, -0.1) is 0 Å². The largest absolute Gasteiger partial charge is 0.352 e. The number of aromatic amines is 2. The van der Waals surface area contributed by atoms with Crippen molar-refractivity contribution in [2.24, 2.45) is 0 Å². The lowest BCUT2D eigenvalue weighted by molar-refractivity contribution is 1.11. The first-order valence-electron chi connectivity index (χ1n) is 9.90. The molecule has 0 saturated carbocycles. The summed E-state index contributed by atoms with van der Waals surface area (Å²) in [5.41, 5.74) is 8.74. The van der Waals surface area contributed by atoms with E-state index in [0.29, 0.717) is 0 Å². The van der Waals surface area contributed by atoms with Gasteiger partial charge in [0.2, 0.25) is 0 Å². The number of nitrogens with zero attached hydrogens (tertiary/aromatic N) is 5. The van der Waals surface area contributed by atoms with Crippen molar-refractivity contribution in [3.63, 3.8) is 0 Å². The minimum absolute atomic E-state index is 0.845. The Hall–Kier alpha value is -4.39. The summed E-state index contributed by atoms with van der Waals surface area (Å²) in [6.45, 7) is 2.06. The van der Waals surface area contributed by atoms with Crippen LogP contribution in [0.1, 0.15) is 5.56 Å². The van der Waals surface area contributed by atoms with Crippen molar-refractivity contribution >= 4 is 21.8 Å². The summed E-state index contributed by atoms with van der Waals surface area (Å²) in [6.07, 6.45) is 12.8. The predicted octanol–water partition coefficient (Wildman–Crippen LogP) is 4.93. The number of hydrogen-bond donors (Lipinski definition) is 2. The summed E-state index contributed by atoms with van der Waals surface area (Å²) in [5, 5.41) is 9.76. The molecule has 0 aliphatic heterocycles. The second kappa shape index (κ2) is 6.84. The molecule has 31 heavy (non-hydrogen) atoms. The number of pyridine rings is 4. The van der Waals surface area contributed by atoms with Gasteiger partial charge in [-0.3, -0.25) is 25.0 Å². The third-order valence-electron chi connectivity index (χ3n) is 5.55. The van der Waals surface area contributed by atoms with E-state index in [4.69, 9.17) is 0 Å². The van der Waals surface area contributed by atoms with E-state index in [1.54, 1.807) is 18.6 Å². The lowest BCUT2D eigenvalue weighted by atomic mass is 10.0. The van der Waals surface area contributed by atoms with Crippen molar-refractivity contribution < 1.29 is 0 Å². The molecule has 6 rings (SSSR count). The van der Waals surface area contributed by atoms with Crippen LogP contribution in [-0.2, 0) is 0 Å². The number of H-pyrrole nitrogens is 2. The van der Waals surface area contributed by atoms with Gasteiger partial charge in [0.1, 0.15) is 5.69 Å². The number of hydrogen-bond acceptors (Lipinski definition) is 5. The first-order valence-corrected chi connectivity index (χ1v) is 9.90. The van der Waals surface area contributed by atoms with Gasteiger partial charge in [-0.2, -0.15) is 5.10 Å². The Morgan fingerprint density at radius 1 is 0.742 bits per heavy atom. The van der Waals surface area contributed by atoms with Crippen LogP contribution in [0, 0.1) is 6.92 Å². The number of aromatic nitrogens is 7. The van der Waals surface area contributed by atoms with E-state index < -0.39 is 0 Å². The number of fused-ring (bicyclic) bond motifs is 2. The molecule has 2 N–H and O–H groups in total. The van der Waals surface area contributed by atoms with Gasteiger partial charge in [-0.05, 0) is 48.4 Å². The average molecular weight is 403 g/mol. The predicted molar refractivity (Wildman–Crippen MR) is 120 cm³/mol. The zero-order valence-corrected chi connectivity index (χ0v) is 16.7. The molecule has 7 nitrogen and oxygen atoms in total. The molecule has 0 radical (unpaired) electrons. The van der Waals surface area contributed by atoms with Crippen molar-refractivity contribution in [1.29, 1.82) is 0 Å². The Bertz CT molecular complexity index is 1550. The first-order chi connectivity index (χ1) is 15.3. The van der Waals surface area contributed by atoms with Gasteiger partial charge in [0.05, 0.1) is 34.8 Å². The quantitative estimate of drug-likeness (QED) is 0.437. The maximum Gasteiger partial charge on any atom is 0.116 e. The molecule has 0 aliphatic carbocycles. The zero-order valence-electron chi connectivity index (χ0n) is 16.7. The van der Waals surface area contributed by atoms with E-state index in [0.717, 1.165) is 61.1 Å². The fourth-order valence-electron chi connectivity index (χ4n) is 3.94. The smallest absolute Gasteiger partial charge is 0.116 e. The summed E-state index contributed by atoms with van der Waals surface area (Å²) < 4.78 is 0. The topological polar surface area (TPSA) is 96.0 Å². The molecule has 0 aliphatic rings. The average Bonchev–Trinajstić information content (AvgIpc) is 3.43. The van der Waals surface area contributed by atoms with Crippen LogP contribution in [0.2, 0.25) is 0 Å². The summed E-state index contributed by atoms with van der Waals surface area (Å²) in [6, 6.07) is 10.1. The molecule has 148 valence electrons. The number of aryl methyl sites for hydroxylation is 1. The Kier molecular flexibility index (Phi) is 3.86. The fourth-order valence-corrected chi connectivity index (χ4v) is 3.94. The highest BCUT2D eigenvalue weighted by Gasteiger charge is 2.15.